The van der Waals surface area contributed by atoms with E-state index < -0.39 is 23.2 Å². The molecule has 0 saturated heterocycles. The fourth-order valence-electron chi connectivity index (χ4n) is 2.84. The van der Waals surface area contributed by atoms with Gasteiger partial charge in [0.15, 0.2) is 0 Å². The summed E-state index contributed by atoms with van der Waals surface area (Å²) in [7, 11) is 0. The predicted octanol–water partition coefficient (Wildman–Crippen LogP) is 2.35. The molecule has 1 aliphatic rings. The average Bonchev–Trinajstić information content (AvgIpc) is 2.57. The monoisotopic (exact) mass is 340 g/mol. The Labute approximate surface area is 139 Å². The van der Waals surface area contributed by atoms with Crippen molar-refractivity contribution in [2.75, 3.05) is 11.9 Å². The standard InChI is InChI=1S/C17H22F2N2O3/c18-13-2-1-3-14(19)17(13)21-16(24)9-8-15(23)20-12-6-4-11(10-22)5-7-12/h1-3,11-12,22H,4-10H2,(H,20,23)(H,21,24). The number of hydrogen-bond acceptors (Lipinski definition) is 3. The van der Waals surface area contributed by atoms with Crippen LogP contribution in [0.4, 0.5) is 14.5 Å². The Morgan fingerprint density at radius 2 is 1.62 bits per heavy atom. The van der Waals surface area contributed by atoms with Crippen LogP contribution in [0.25, 0.3) is 0 Å². The number of aliphatic hydroxyl groups is 1. The van der Waals surface area contributed by atoms with E-state index in [0.29, 0.717) is 5.92 Å². The molecule has 0 atom stereocenters. The average molecular weight is 340 g/mol. The highest BCUT2D eigenvalue weighted by Crippen LogP contribution is 2.23. The van der Waals surface area contributed by atoms with Crippen molar-refractivity contribution in [2.24, 2.45) is 5.92 Å². The van der Waals surface area contributed by atoms with Crippen LogP contribution in [0, 0.1) is 17.6 Å². The van der Waals surface area contributed by atoms with Crippen LogP contribution in [0.1, 0.15) is 38.5 Å². The van der Waals surface area contributed by atoms with Crippen LogP contribution in [0.3, 0.4) is 0 Å². The normalized spacial score (nSPS) is 20.5. The number of benzene rings is 1. The van der Waals surface area contributed by atoms with E-state index in [1.54, 1.807) is 0 Å². The van der Waals surface area contributed by atoms with Crippen LogP contribution in [-0.2, 0) is 9.59 Å². The van der Waals surface area contributed by atoms with Gasteiger partial charge in [-0.15, -0.1) is 0 Å². The van der Waals surface area contributed by atoms with Crippen LogP contribution in [0.15, 0.2) is 18.2 Å². The summed E-state index contributed by atoms with van der Waals surface area (Å²) in [6.07, 6.45) is 3.17. The van der Waals surface area contributed by atoms with E-state index >= 15 is 0 Å². The second kappa shape index (κ2) is 8.73. The highest BCUT2D eigenvalue weighted by molar-refractivity contribution is 5.93. The van der Waals surface area contributed by atoms with Crippen molar-refractivity contribution in [1.82, 2.24) is 5.32 Å². The van der Waals surface area contributed by atoms with Crippen molar-refractivity contribution in [3.05, 3.63) is 29.8 Å². The zero-order chi connectivity index (χ0) is 17.5. The van der Waals surface area contributed by atoms with Gasteiger partial charge in [-0.2, -0.15) is 0 Å². The second-order valence-corrected chi connectivity index (χ2v) is 6.11. The minimum atomic E-state index is -0.853. The van der Waals surface area contributed by atoms with E-state index in [1.807, 2.05) is 0 Å². The Morgan fingerprint density at radius 3 is 2.21 bits per heavy atom. The molecule has 0 unspecified atom stereocenters. The molecule has 24 heavy (non-hydrogen) atoms. The Bertz CT molecular complexity index is 567. The van der Waals surface area contributed by atoms with Gasteiger partial charge in [0.1, 0.15) is 17.3 Å². The molecule has 7 heteroatoms. The van der Waals surface area contributed by atoms with Crippen LogP contribution < -0.4 is 10.6 Å². The summed E-state index contributed by atoms with van der Waals surface area (Å²) >= 11 is 0. The third kappa shape index (κ3) is 5.26. The molecule has 3 N–H and O–H groups in total. The molecule has 0 radical (unpaired) electrons. The largest absolute Gasteiger partial charge is 0.396 e. The molecule has 1 aliphatic carbocycles. The molecule has 1 fully saturated rings. The van der Waals surface area contributed by atoms with Crippen molar-refractivity contribution >= 4 is 17.5 Å². The van der Waals surface area contributed by atoms with Gasteiger partial charge in [0, 0.05) is 25.5 Å². The first-order valence-electron chi connectivity index (χ1n) is 8.13. The zero-order valence-electron chi connectivity index (χ0n) is 13.4. The van der Waals surface area contributed by atoms with Crippen LogP contribution >= 0.6 is 0 Å². The van der Waals surface area contributed by atoms with Crippen molar-refractivity contribution in [1.29, 1.82) is 0 Å². The lowest BCUT2D eigenvalue weighted by Crippen LogP contribution is -2.38. The minimum Gasteiger partial charge on any atom is -0.396 e. The van der Waals surface area contributed by atoms with Crippen molar-refractivity contribution in [3.8, 4) is 0 Å². The smallest absolute Gasteiger partial charge is 0.225 e. The van der Waals surface area contributed by atoms with Crippen molar-refractivity contribution in [3.63, 3.8) is 0 Å². The lowest BCUT2D eigenvalue weighted by atomic mass is 9.86. The number of amides is 2. The topological polar surface area (TPSA) is 78.4 Å². The third-order valence-corrected chi connectivity index (χ3v) is 4.28. The van der Waals surface area contributed by atoms with E-state index in [9.17, 15) is 18.4 Å². The molecule has 5 nitrogen and oxygen atoms in total. The number of anilines is 1. The number of rotatable bonds is 6. The maximum absolute atomic E-state index is 13.4. The number of carbonyl (C=O) groups excluding carboxylic acids is 2. The zero-order valence-corrected chi connectivity index (χ0v) is 13.4. The first-order valence-corrected chi connectivity index (χ1v) is 8.13. The van der Waals surface area contributed by atoms with E-state index in [0.717, 1.165) is 37.8 Å². The lowest BCUT2D eigenvalue weighted by molar-refractivity contribution is -0.125. The summed E-state index contributed by atoms with van der Waals surface area (Å²) in [4.78, 5) is 23.6. The summed E-state index contributed by atoms with van der Waals surface area (Å²) in [6.45, 7) is 0.174. The predicted molar refractivity (Wildman–Crippen MR) is 85.2 cm³/mol. The quantitative estimate of drug-likeness (QED) is 0.744. The molecule has 132 valence electrons. The Balaban J connectivity index is 1.73. The van der Waals surface area contributed by atoms with Gasteiger partial charge in [-0.3, -0.25) is 9.59 Å². The molecule has 1 aromatic rings. The highest BCUT2D eigenvalue weighted by atomic mass is 19.1. The fourth-order valence-corrected chi connectivity index (χ4v) is 2.84. The molecule has 0 bridgehead atoms. The Morgan fingerprint density at radius 1 is 1.04 bits per heavy atom. The third-order valence-electron chi connectivity index (χ3n) is 4.28. The Hall–Kier alpha value is -2.02. The molecule has 2 rings (SSSR count). The number of nitrogens with one attached hydrogen (secondary N) is 2. The van der Waals surface area contributed by atoms with Crippen LogP contribution in [-0.4, -0.2) is 29.6 Å². The molecular formula is C17H22F2N2O3. The number of carbonyl (C=O) groups is 2. The summed E-state index contributed by atoms with van der Waals surface area (Å²) in [5.41, 5.74) is -0.495. The van der Waals surface area contributed by atoms with Crippen LogP contribution in [0.5, 0.6) is 0 Å². The van der Waals surface area contributed by atoms with E-state index in [2.05, 4.69) is 10.6 Å². The summed E-state index contributed by atoms with van der Waals surface area (Å²) in [6, 6.07) is 3.37. The van der Waals surface area contributed by atoms with Gasteiger partial charge in [0.25, 0.3) is 0 Å². The molecule has 0 spiro atoms. The van der Waals surface area contributed by atoms with Gasteiger partial charge in [-0.05, 0) is 43.7 Å². The summed E-state index contributed by atoms with van der Waals surface area (Å²) in [5.74, 6) is -2.27. The minimum absolute atomic E-state index is 0.0398. The van der Waals surface area contributed by atoms with Gasteiger partial charge >= 0.3 is 0 Å². The first kappa shape index (κ1) is 18.3. The molecule has 1 saturated carbocycles. The molecule has 1 aromatic carbocycles. The van der Waals surface area contributed by atoms with Gasteiger partial charge in [-0.25, -0.2) is 8.78 Å². The summed E-state index contributed by atoms with van der Waals surface area (Å²) in [5, 5.41) is 14.1. The van der Waals surface area contributed by atoms with E-state index in [4.69, 9.17) is 5.11 Å². The maximum Gasteiger partial charge on any atom is 0.225 e. The van der Waals surface area contributed by atoms with Crippen LogP contribution in [0.2, 0.25) is 0 Å². The molecule has 0 heterocycles. The SMILES string of the molecule is O=C(CCC(=O)NC1CCC(CO)CC1)Nc1c(F)cccc1F. The number of para-hydroxylation sites is 1. The van der Waals surface area contributed by atoms with Crippen molar-refractivity contribution < 1.29 is 23.5 Å². The van der Waals surface area contributed by atoms with E-state index in [1.165, 1.54) is 6.07 Å². The number of halogens is 2. The second-order valence-electron chi connectivity index (χ2n) is 6.11. The van der Waals surface area contributed by atoms with Gasteiger partial charge in [-0.1, -0.05) is 6.07 Å². The van der Waals surface area contributed by atoms with E-state index in [-0.39, 0.29) is 31.4 Å². The van der Waals surface area contributed by atoms with Gasteiger partial charge in [0.05, 0.1) is 0 Å². The Kier molecular flexibility index (Phi) is 6.66. The number of hydrogen-bond donors (Lipinski definition) is 3. The molecule has 0 aliphatic heterocycles. The summed E-state index contributed by atoms with van der Waals surface area (Å²) < 4.78 is 26.9. The van der Waals surface area contributed by atoms with Gasteiger partial charge in [0.2, 0.25) is 11.8 Å². The molecule has 2 amide bonds. The number of aliphatic hydroxyl groups excluding tert-OH is 1. The lowest BCUT2D eigenvalue weighted by Gasteiger charge is -2.27. The first-order chi connectivity index (χ1) is 11.5. The highest BCUT2D eigenvalue weighted by Gasteiger charge is 2.22. The van der Waals surface area contributed by atoms with Crippen molar-refractivity contribution in [2.45, 2.75) is 44.6 Å². The molecule has 0 aromatic heterocycles. The fraction of sp³-hybridized carbons (Fsp3) is 0.529. The van der Waals surface area contributed by atoms with Gasteiger partial charge < -0.3 is 15.7 Å². The maximum atomic E-state index is 13.4. The molecular weight excluding hydrogens is 318 g/mol.